The Balaban J connectivity index is 2.72. The molecule has 16 heavy (non-hydrogen) atoms. The van der Waals surface area contributed by atoms with Crippen LogP contribution < -0.4 is 10.6 Å². The zero-order valence-electron chi connectivity index (χ0n) is 8.54. The van der Waals surface area contributed by atoms with E-state index >= 15 is 0 Å². The number of thiocarbonyl (C=S) groups is 1. The molecule has 0 radical (unpaired) electrons. The lowest BCUT2D eigenvalue weighted by molar-refractivity contribution is 0.628. The van der Waals surface area contributed by atoms with E-state index < -0.39 is 5.82 Å². The fraction of sp³-hybridized carbons (Fsp3) is 0.182. The molecule has 0 aliphatic rings. The molecule has 0 fully saturated rings. The Morgan fingerprint density at radius 1 is 1.56 bits per heavy atom. The lowest BCUT2D eigenvalue weighted by Gasteiger charge is -2.18. The van der Waals surface area contributed by atoms with Gasteiger partial charge in [-0.1, -0.05) is 29.9 Å². The van der Waals surface area contributed by atoms with Crippen LogP contribution in [-0.4, -0.2) is 11.7 Å². The van der Waals surface area contributed by atoms with Crippen molar-refractivity contribution in [2.45, 2.75) is 12.6 Å². The van der Waals surface area contributed by atoms with E-state index in [-0.39, 0.29) is 11.2 Å². The Bertz CT molecular complexity index is 374. The fourth-order valence-electron chi connectivity index (χ4n) is 1.20. The molecule has 1 aromatic rings. The van der Waals surface area contributed by atoms with E-state index in [4.69, 9.17) is 23.8 Å². The predicted molar refractivity (Wildman–Crippen MR) is 70.4 cm³/mol. The van der Waals surface area contributed by atoms with Crippen LogP contribution >= 0.6 is 23.8 Å². The van der Waals surface area contributed by atoms with Gasteiger partial charge in [0.05, 0.1) is 10.5 Å². The number of hydrogen-bond donors (Lipinski definition) is 2. The Hall–Kier alpha value is -1.13. The summed E-state index contributed by atoms with van der Waals surface area (Å²) in [6.07, 6.45) is 2.37. The minimum absolute atomic E-state index is 0.0727. The number of hydrogen-bond acceptors (Lipinski definition) is 2. The van der Waals surface area contributed by atoms with Crippen LogP contribution in [0.1, 0.15) is 6.42 Å². The Morgan fingerprint density at radius 3 is 2.88 bits per heavy atom. The molecule has 5 heteroatoms. The monoisotopic (exact) mass is 258 g/mol. The van der Waals surface area contributed by atoms with E-state index in [0.29, 0.717) is 6.42 Å². The predicted octanol–water partition coefficient (Wildman–Crippen LogP) is 3.34. The molecule has 0 aliphatic carbocycles. The zero-order valence-corrected chi connectivity index (χ0v) is 10.1. The fourth-order valence-corrected chi connectivity index (χ4v) is 1.55. The highest BCUT2D eigenvalue weighted by atomic mass is 35.5. The maximum absolute atomic E-state index is 12.9. The van der Waals surface area contributed by atoms with Gasteiger partial charge in [-0.05, 0) is 18.2 Å². The molecule has 0 spiro atoms. The standard InChI is InChI=1S/C11H12ClFN2S/c1-2-3-11(14-7-16)15-8-4-5-10(13)9(12)6-8/h2,4-7,11,15H,1,3H2,(H,14,16). The third kappa shape index (κ3) is 3.79. The second-order valence-corrected chi connectivity index (χ2v) is 3.78. The van der Waals surface area contributed by atoms with Gasteiger partial charge in [0.2, 0.25) is 0 Å². The molecule has 1 atom stereocenters. The molecule has 86 valence electrons. The largest absolute Gasteiger partial charge is 0.365 e. The number of rotatable bonds is 6. The first-order valence-corrected chi connectivity index (χ1v) is 5.54. The molecule has 0 bridgehead atoms. The quantitative estimate of drug-likeness (QED) is 0.465. The van der Waals surface area contributed by atoms with Crippen molar-refractivity contribution < 1.29 is 4.39 Å². The van der Waals surface area contributed by atoms with E-state index in [1.807, 2.05) is 0 Å². The molecule has 2 nitrogen and oxygen atoms in total. The van der Waals surface area contributed by atoms with Crippen molar-refractivity contribution in [2.24, 2.45) is 0 Å². The SMILES string of the molecule is C=CCC(NC=S)Nc1ccc(F)c(Cl)c1. The van der Waals surface area contributed by atoms with Gasteiger partial charge in [-0.25, -0.2) is 4.39 Å². The van der Waals surface area contributed by atoms with Gasteiger partial charge in [0.1, 0.15) is 12.0 Å². The van der Waals surface area contributed by atoms with Crippen molar-refractivity contribution in [3.8, 4) is 0 Å². The first kappa shape index (κ1) is 12.9. The van der Waals surface area contributed by atoms with Crippen molar-refractivity contribution >= 4 is 35.0 Å². The van der Waals surface area contributed by atoms with Crippen molar-refractivity contribution in [1.82, 2.24) is 5.32 Å². The molecule has 0 saturated carbocycles. The number of halogens is 2. The zero-order chi connectivity index (χ0) is 12.0. The van der Waals surface area contributed by atoms with E-state index in [1.54, 1.807) is 12.1 Å². The average molecular weight is 259 g/mol. The van der Waals surface area contributed by atoms with Crippen LogP contribution in [-0.2, 0) is 0 Å². The molecule has 1 unspecified atom stereocenters. The topological polar surface area (TPSA) is 24.1 Å². The van der Waals surface area contributed by atoms with E-state index in [1.165, 1.54) is 17.6 Å². The highest BCUT2D eigenvalue weighted by Crippen LogP contribution is 2.19. The Kier molecular flexibility index (Phi) is 5.22. The molecule has 0 aromatic heterocycles. The minimum atomic E-state index is -0.435. The molecule has 1 rings (SSSR count). The number of nitrogens with one attached hydrogen (secondary N) is 2. The summed E-state index contributed by atoms with van der Waals surface area (Å²) in [5.41, 5.74) is 2.15. The van der Waals surface area contributed by atoms with Crippen LogP contribution in [0.5, 0.6) is 0 Å². The lowest BCUT2D eigenvalue weighted by Crippen LogP contribution is -2.34. The van der Waals surface area contributed by atoms with Crippen LogP contribution in [0.3, 0.4) is 0 Å². The highest BCUT2D eigenvalue weighted by molar-refractivity contribution is 7.78. The molecular weight excluding hydrogens is 247 g/mol. The maximum atomic E-state index is 12.9. The highest BCUT2D eigenvalue weighted by Gasteiger charge is 2.06. The summed E-state index contributed by atoms with van der Waals surface area (Å²) in [4.78, 5) is 0. The van der Waals surface area contributed by atoms with Gasteiger partial charge in [-0.2, -0.15) is 0 Å². The smallest absolute Gasteiger partial charge is 0.141 e. The third-order valence-corrected chi connectivity index (χ3v) is 2.36. The van der Waals surface area contributed by atoms with Crippen molar-refractivity contribution in [2.75, 3.05) is 5.32 Å². The molecule has 0 aliphatic heterocycles. The summed E-state index contributed by atoms with van der Waals surface area (Å²) < 4.78 is 12.9. The van der Waals surface area contributed by atoms with E-state index in [0.717, 1.165) is 5.69 Å². The first-order chi connectivity index (χ1) is 7.67. The third-order valence-electron chi connectivity index (χ3n) is 1.93. The van der Waals surface area contributed by atoms with Crippen molar-refractivity contribution in [1.29, 1.82) is 0 Å². The normalized spacial score (nSPS) is 11.6. The van der Waals surface area contributed by atoms with Crippen molar-refractivity contribution in [3.63, 3.8) is 0 Å². The van der Waals surface area contributed by atoms with Crippen LogP contribution in [0.2, 0.25) is 5.02 Å². The van der Waals surface area contributed by atoms with Gasteiger partial charge >= 0.3 is 0 Å². The van der Waals surface area contributed by atoms with Gasteiger partial charge < -0.3 is 10.6 Å². The Labute approximate surface area is 104 Å². The van der Waals surface area contributed by atoms with Gasteiger partial charge in [-0.15, -0.1) is 6.58 Å². The molecule has 0 heterocycles. The van der Waals surface area contributed by atoms with Gasteiger partial charge in [-0.3, -0.25) is 0 Å². The molecular formula is C11H12ClFN2S. The summed E-state index contributed by atoms with van der Waals surface area (Å²) in [7, 11) is 0. The van der Waals surface area contributed by atoms with Crippen molar-refractivity contribution in [3.05, 3.63) is 41.7 Å². The molecule has 2 N–H and O–H groups in total. The van der Waals surface area contributed by atoms with E-state index in [9.17, 15) is 4.39 Å². The summed E-state index contributed by atoms with van der Waals surface area (Å²) >= 11 is 10.4. The second kappa shape index (κ2) is 6.45. The summed E-state index contributed by atoms with van der Waals surface area (Å²) in [6.45, 7) is 3.64. The van der Waals surface area contributed by atoms with Crippen LogP contribution in [0, 0.1) is 5.82 Å². The molecule has 1 aromatic carbocycles. The minimum Gasteiger partial charge on any atom is -0.365 e. The molecule has 0 saturated heterocycles. The van der Waals surface area contributed by atoms with Crippen LogP contribution in [0.4, 0.5) is 10.1 Å². The number of benzene rings is 1. The van der Waals surface area contributed by atoms with Gasteiger partial charge in [0.25, 0.3) is 0 Å². The number of anilines is 1. The van der Waals surface area contributed by atoms with Gasteiger partial charge in [0.15, 0.2) is 0 Å². The Morgan fingerprint density at radius 2 is 2.31 bits per heavy atom. The molecule has 0 amide bonds. The summed E-state index contributed by atoms with van der Waals surface area (Å²) in [5, 5.41) is 6.14. The first-order valence-electron chi connectivity index (χ1n) is 4.69. The second-order valence-electron chi connectivity index (χ2n) is 3.13. The van der Waals surface area contributed by atoms with Gasteiger partial charge in [0, 0.05) is 12.1 Å². The van der Waals surface area contributed by atoms with E-state index in [2.05, 4.69) is 17.2 Å². The van der Waals surface area contributed by atoms with Crippen LogP contribution in [0.15, 0.2) is 30.9 Å². The summed E-state index contributed by atoms with van der Waals surface area (Å²) in [6, 6.07) is 4.45. The maximum Gasteiger partial charge on any atom is 0.141 e. The van der Waals surface area contributed by atoms with Crippen LogP contribution in [0.25, 0.3) is 0 Å². The lowest BCUT2D eigenvalue weighted by atomic mass is 10.2. The summed E-state index contributed by atoms with van der Waals surface area (Å²) in [5.74, 6) is -0.435. The average Bonchev–Trinajstić information content (AvgIpc) is 2.24.